The summed E-state index contributed by atoms with van der Waals surface area (Å²) in [6, 6.07) is 6.07. The van der Waals surface area contributed by atoms with Crippen molar-refractivity contribution in [3.63, 3.8) is 0 Å². The SMILES string of the molecule is c1cnc(NC2COC3(CCN(Cc4ccco4)C3)C2)nc1. The van der Waals surface area contributed by atoms with E-state index in [1.54, 1.807) is 18.7 Å². The molecule has 2 aromatic rings. The van der Waals surface area contributed by atoms with Crippen LogP contribution in [0.1, 0.15) is 18.6 Å². The maximum absolute atomic E-state index is 6.15. The molecule has 2 saturated heterocycles. The first-order valence-corrected chi connectivity index (χ1v) is 7.74. The number of furan rings is 1. The van der Waals surface area contributed by atoms with Crippen molar-refractivity contribution in [1.82, 2.24) is 14.9 Å². The number of nitrogens with zero attached hydrogens (tertiary/aromatic N) is 3. The molecule has 22 heavy (non-hydrogen) atoms. The lowest BCUT2D eigenvalue weighted by atomic mass is 9.97. The van der Waals surface area contributed by atoms with Crippen LogP contribution in [-0.2, 0) is 11.3 Å². The van der Waals surface area contributed by atoms with Crippen LogP contribution in [0.5, 0.6) is 0 Å². The molecule has 4 rings (SSSR count). The largest absolute Gasteiger partial charge is 0.468 e. The van der Waals surface area contributed by atoms with E-state index < -0.39 is 0 Å². The number of rotatable bonds is 4. The third-order valence-electron chi connectivity index (χ3n) is 4.46. The molecule has 2 unspecified atom stereocenters. The molecule has 2 aliphatic rings. The second-order valence-electron chi connectivity index (χ2n) is 6.15. The molecule has 1 N–H and O–H groups in total. The predicted molar refractivity (Wildman–Crippen MR) is 81.3 cm³/mol. The van der Waals surface area contributed by atoms with Gasteiger partial charge in [-0.2, -0.15) is 0 Å². The Kier molecular flexibility index (Phi) is 3.56. The number of hydrogen-bond donors (Lipinski definition) is 1. The Balaban J connectivity index is 1.34. The summed E-state index contributed by atoms with van der Waals surface area (Å²) in [5.74, 6) is 1.70. The lowest BCUT2D eigenvalue weighted by Crippen LogP contribution is -2.33. The molecule has 0 amide bonds. The molecule has 0 bridgehead atoms. The van der Waals surface area contributed by atoms with Crippen LogP contribution < -0.4 is 5.32 Å². The number of aromatic nitrogens is 2. The van der Waals surface area contributed by atoms with E-state index in [0.29, 0.717) is 12.6 Å². The van der Waals surface area contributed by atoms with E-state index in [2.05, 4.69) is 20.2 Å². The topological polar surface area (TPSA) is 63.4 Å². The number of hydrogen-bond acceptors (Lipinski definition) is 6. The Morgan fingerprint density at radius 1 is 1.32 bits per heavy atom. The Bertz CT molecular complexity index is 604. The molecule has 4 heterocycles. The van der Waals surface area contributed by atoms with E-state index in [9.17, 15) is 0 Å². The minimum atomic E-state index is -0.0287. The molecule has 2 aliphatic heterocycles. The minimum absolute atomic E-state index is 0.0287. The molecule has 2 fully saturated rings. The molecule has 0 aromatic carbocycles. The van der Waals surface area contributed by atoms with Gasteiger partial charge in [-0.05, 0) is 24.6 Å². The van der Waals surface area contributed by atoms with E-state index >= 15 is 0 Å². The van der Waals surface area contributed by atoms with E-state index in [1.165, 1.54) is 0 Å². The Hall–Kier alpha value is -1.92. The van der Waals surface area contributed by atoms with Crippen LogP contribution in [0, 0.1) is 0 Å². The number of anilines is 1. The Morgan fingerprint density at radius 3 is 3.05 bits per heavy atom. The monoisotopic (exact) mass is 300 g/mol. The zero-order valence-corrected chi connectivity index (χ0v) is 12.4. The van der Waals surface area contributed by atoms with Gasteiger partial charge >= 0.3 is 0 Å². The van der Waals surface area contributed by atoms with Crippen molar-refractivity contribution in [2.45, 2.75) is 31.0 Å². The van der Waals surface area contributed by atoms with E-state index in [-0.39, 0.29) is 11.6 Å². The maximum atomic E-state index is 6.15. The molecule has 2 aromatic heterocycles. The van der Waals surface area contributed by atoms with Gasteiger partial charge in [0.1, 0.15) is 5.76 Å². The van der Waals surface area contributed by atoms with Crippen molar-refractivity contribution in [2.24, 2.45) is 0 Å². The van der Waals surface area contributed by atoms with Gasteiger partial charge in [-0.3, -0.25) is 4.90 Å². The summed E-state index contributed by atoms with van der Waals surface area (Å²) in [6.45, 7) is 3.58. The lowest BCUT2D eigenvalue weighted by molar-refractivity contribution is 0.0115. The zero-order chi connectivity index (χ0) is 14.8. The van der Waals surface area contributed by atoms with Gasteiger partial charge in [0.15, 0.2) is 0 Å². The Labute approximate surface area is 129 Å². The average molecular weight is 300 g/mol. The molecule has 6 nitrogen and oxygen atoms in total. The smallest absolute Gasteiger partial charge is 0.222 e. The van der Waals surface area contributed by atoms with Crippen molar-refractivity contribution in [3.05, 3.63) is 42.6 Å². The van der Waals surface area contributed by atoms with Crippen molar-refractivity contribution in [3.8, 4) is 0 Å². The van der Waals surface area contributed by atoms with Gasteiger partial charge in [-0.1, -0.05) is 0 Å². The fourth-order valence-electron chi connectivity index (χ4n) is 3.46. The molecule has 0 radical (unpaired) electrons. The third-order valence-corrected chi connectivity index (χ3v) is 4.46. The van der Waals surface area contributed by atoms with Crippen LogP contribution in [0.2, 0.25) is 0 Å². The summed E-state index contributed by atoms with van der Waals surface area (Å²) < 4.78 is 11.6. The van der Waals surface area contributed by atoms with E-state index in [1.807, 2.05) is 18.2 Å². The van der Waals surface area contributed by atoms with Crippen molar-refractivity contribution in [1.29, 1.82) is 0 Å². The molecular weight excluding hydrogens is 280 g/mol. The second kappa shape index (κ2) is 5.70. The van der Waals surface area contributed by atoms with Gasteiger partial charge in [0, 0.05) is 31.9 Å². The fourth-order valence-corrected chi connectivity index (χ4v) is 3.46. The van der Waals surface area contributed by atoms with Crippen molar-refractivity contribution in [2.75, 3.05) is 25.0 Å². The van der Waals surface area contributed by atoms with Gasteiger partial charge in [-0.15, -0.1) is 0 Å². The molecule has 2 atom stereocenters. The first kappa shape index (κ1) is 13.7. The summed E-state index contributed by atoms with van der Waals surface area (Å²) in [6.07, 6.45) is 7.30. The quantitative estimate of drug-likeness (QED) is 0.930. The van der Waals surface area contributed by atoms with E-state index in [4.69, 9.17) is 9.15 Å². The molecule has 0 aliphatic carbocycles. The highest BCUT2D eigenvalue weighted by Gasteiger charge is 2.45. The summed E-state index contributed by atoms with van der Waals surface area (Å²) in [5, 5.41) is 3.37. The average Bonchev–Trinajstić information content (AvgIpc) is 3.25. The summed E-state index contributed by atoms with van der Waals surface area (Å²) in [7, 11) is 0. The normalized spacial score (nSPS) is 28.5. The summed E-state index contributed by atoms with van der Waals surface area (Å²) in [5.41, 5.74) is -0.0287. The summed E-state index contributed by atoms with van der Waals surface area (Å²) >= 11 is 0. The first-order valence-electron chi connectivity index (χ1n) is 7.74. The van der Waals surface area contributed by atoms with Crippen LogP contribution in [0.15, 0.2) is 41.3 Å². The third kappa shape index (κ3) is 2.84. The van der Waals surface area contributed by atoms with Crippen molar-refractivity contribution < 1.29 is 9.15 Å². The van der Waals surface area contributed by atoms with Crippen LogP contribution in [0.25, 0.3) is 0 Å². The van der Waals surface area contributed by atoms with Gasteiger partial charge in [-0.25, -0.2) is 9.97 Å². The first-order chi connectivity index (χ1) is 10.8. The highest BCUT2D eigenvalue weighted by molar-refractivity contribution is 5.25. The molecular formula is C16H20N4O2. The fraction of sp³-hybridized carbons (Fsp3) is 0.500. The number of nitrogens with one attached hydrogen (secondary N) is 1. The van der Waals surface area contributed by atoms with Crippen LogP contribution in [0.4, 0.5) is 5.95 Å². The molecule has 116 valence electrons. The summed E-state index contributed by atoms with van der Waals surface area (Å²) in [4.78, 5) is 10.8. The van der Waals surface area contributed by atoms with Gasteiger partial charge in [0.2, 0.25) is 5.95 Å². The molecule has 0 saturated carbocycles. The maximum Gasteiger partial charge on any atom is 0.222 e. The Morgan fingerprint density at radius 2 is 2.23 bits per heavy atom. The van der Waals surface area contributed by atoms with Crippen molar-refractivity contribution >= 4 is 5.95 Å². The molecule has 6 heteroatoms. The number of ether oxygens (including phenoxy) is 1. The second-order valence-corrected chi connectivity index (χ2v) is 6.15. The highest BCUT2D eigenvalue weighted by atomic mass is 16.5. The van der Waals surface area contributed by atoms with Crippen LogP contribution in [0.3, 0.4) is 0 Å². The standard InChI is InChI=1S/C16H20N4O2/c1-3-14(21-8-1)10-20-7-4-16(12-20)9-13(11-22-16)19-15-17-5-2-6-18-15/h1-3,5-6,8,13H,4,7,9-12H2,(H,17,18,19). The zero-order valence-electron chi connectivity index (χ0n) is 12.4. The van der Waals surface area contributed by atoms with Gasteiger partial charge in [0.05, 0.1) is 31.1 Å². The predicted octanol–water partition coefficient (Wildman–Crippen LogP) is 1.92. The number of likely N-dealkylation sites (tertiary alicyclic amines) is 1. The molecule has 1 spiro atoms. The van der Waals surface area contributed by atoms with Gasteiger partial charge < -0.3 is 14.5 Å². The van der Waals surface area contributed by atoms with Crippen LogP contribution >= 0.6 is 0 Å². The highest BCUT2D eigenvalue weighted by Crippen LogP contribution is 2.36. The van der Waals surface area contributed by atoms with Crippen LogP contribution in [-0.4, -0.2) is 46.2 Å². The lowest BCUT2D eigenvalue weighted by Gasteiger charge is -2.23. The minimum Gasteiger partial charge on any atom is -0.468 e. The van der Waals surface area contributed by atoms with E-state index in [0.717, 1.165) is 38.2 Å². The van der Waals surface area contributed by atoms with Gasteiger partial charge in [0.25, 0.3) is 0 Å².